The number of nitrogens with zero attached hydrogens (tertiary/aromatic N) is 2. The first-order valence-corrected chi connectivity index (χ1v) is 8.37. The first kappa shape index (κ1) is 16.6. The minimum Gasteiger partial charge on any atom is -0.350 e. The number of hydrogen-bond acceptors (Lipinski definition) is 2. The summed E-state index contributed by atoms with van der Waals surface area (Å²) in [4.78, 5) is 31.8. The number of hydrogen-bond donors (Lipinski definition) is 1. The molecule has 5 heteroatoms. The number of H-pyrrole nitrogens is 1. The summed E-state index contributed by atoms with van der Waals surface area (Å²) in [7, 11) is 0. The summed E-state index contributed by atoms with van der Waals surface area (Å²) in [6.07, 6.45) is 0. The van der Waals surface area contributed by atoms with E-state index in [-0.39, 0.29) is 17.4 Å². The molecule has 128 valence electrons. The summed E-state index contributed by atoms with van der Waals surface area (Å²) >= 11 is 0. The highest BCUT2D eigenvalue weighted by molar-refractivity contribution is 6.01. The Morgan fingerprint density at radius 1 is 1.17 bits per heavy atom. The van der Waals surface area contributed by atoms with Crippen LogP contribution in [0.3, 0.4) is 0 Å². The molecule has 1 N–H and O–H groups in total. The molecule has 5 nitrogen and oxygen atoms in total. The molecule has 2 heterocycles. The summed E-state index contributed by atoms with van der Waals surface area (Å²) < 4.78 is 0. The molecule has 1 fully saturated rings. The zero-order chi connectivity index (χ0) is 17.6. The number of fused-ring (bicyclic) bond motifs is 1. The SMILES string of the molecule is CC(=O)N1CCN(C(=O)c2[nH]c3ccc(C)cc3c2C)C(C)(C)C1. The van der Waals surface area contributed by atoms with Crippen molar-refractivity contribution in [3.8, 4) is 0 Å². The second-order valence-electron chi connectivity index (χ2n) is 7.38. The molecule has 1 aliphatic heterocycles. The lowest BCUT2D eigenvalue weighted by atomic mass is 9.97. The second kappa shape index (κ2) is 5.65. The quantitative estimate of drug-likeness (QED) is 0.875. The summed E-state index contributed by atoms with van der Waals surface area (Å²) in [6, 6.07) is 6.17. The molecule has 0 aliphatic carbocycles. The predicted octanol–water partition coefficient (Wildman–Crippen LogP) is 2.87. The van der Waals surface area contributed by atoms with Crippen LogP contribution >= 0.6 is 0 Å². The molecule has 1 saturated heterocycles. The van der Waals surface area contributed by atoms with Gasteiger partial charge in [0, 0.05) is 37.5 Å². The molecule has 1 aromatic heterocycles. The molecule has 2 aromatic rings. The lowest BCUT2D eigenvalue weighted by Gasteiger charge is -2.46. The smallest absolute Gasteiger partial charge is 0.271 e. The van der Waals surface area contributed by atoms with Gasteiger partial charge in [0.1, 0.15) is 5.69 Å². The fourth-order valence-corrected chi connectivity index (χ4v) is 3.59. The summed E-state index contributed by atoms with van der Waals surface area (Å²) in [5.41, 5.74) is 3.42. The third kappa shape index (κ3) is 2.68. The molecule has 0 bridgehead atoms. The maximum atomic E-state index is 13.2. The van der Waals surface area contributed by atoms with Crippen molar-refractivity contribution in [2.75, 3.05) is 19.6 Å². The van der Waals surface area contributed by atoms with Gasteiger partial charge >= 0.3 is 0 Å². The molecular weight excluding hydrogens is 302 g/mol. The van der Waals surface area contributed by atoms with Gasteiger partial charge in [-0.05, 0) is 45.4 Å². The largest absolute Gasteiger partial charge is 0.350 e. The van der Waals surface area contributed by atoms with E-state index in [0.29, 0.717) is 25.3 Å². The average molecular weight is 327 g/mol. The number of benzene rings is 1. The first-order chi connectivity index (χ1) is 11.2. The van der Waals surface area contributed by atoms with Crippen molar-refractivity contribution in [3.63, 3.8) is 0 Å². The van der Waals surface area contributed by atoms with Crippen LogP contribution in [0.2, 0.25) is 0 Å². The standard InChI is InChI=1S/C19H25N3O2/c1-12-6-7-16-15(10-12)13(2)17(20-16)18(24)22-9-8-21(14(3)23)11-19(22,4)5/h6-7,10,20H,8-9,11H2,1-5H3. The molecule has 1 aliphatic rings. The van der Waals surface area contributed by atoms with E-state index in [4.69, 9.17) is 0 Å². The van der Waals surface area contributed by atoms with E-state index in [9.17, 15) is 9.59 Å². The monoisotopic (exact) mass is 327 g/mol. The fourth-order valence-electron chi connectivity index (χ4n) is 3.59. The van der Waals surface area contributed by atoms with Crippen LogP contribution in [-0.4, -0.2) is 51.8 Å². The van der Waals surface area contributed by atoms with Crippen molar-refractivity contribution in [1.82, 2.24) is 14.8 Å². The predicted molar refractivity (Wildman–Crippen MR) is 95.1 cm³/mol. The number of amides is 2. The highest BCUT2D eigenvalue weighted by Gasteiger charge is 2.38. The van der Waals surface area contributed by atoms with Crippen molar-refractivity contribution in [2.45, 2.75) is 40.2 Å². The maximum Gasteiger partial charge on any atom is 0.271 e. The molecule has 0 atom stereocenters. The van der Waals surface area contributed by atoms with E-state index in [1.165, 1.54) is 5.56 Å². The number of carbonyl (C=O) groups is 2. The van der Waals surface area contributed by atoms with Crippen molar-refractivity contribution in [1.29, 1.82) is 0 Å². The number of piperazine rings is 1. The van der Waals surface area contributed by atoms with Gasteiger partial charge < -0.3 is 14.8 Å². The summed E-state index contributed by atoms with van der Waals surface area (Å²) in [5.74, 6) is 0.0713. The van der Waals surface area contributed by atoms with Crippen molar-refractivity contribution in [2.24, 2.45) is 0 Å². The number of rotatable bonds is 1. The van der Waals surface area contributed by atoms with Crippen LogP contribution in [0, 0.1) is 13.8 Å². The Kier molecular flexibility index (Phi) is 3.90. The van der Waals surface area contributed by atoms with Crippen LogP contribution in [-0.2, 0) is 4.79 Å². The van der Waals surface area contributed by atoms with Crippen LogP contribution < -0.4 is 0 Å². The average Bonchev–Trinajstić information content (AvgIpc) is 2.82. The molecule has 3 rings (SSSR count). The van der Waals surface area contributed by atoms with Gasteiger partial charge in [0.2, 0.25) is 5.91 Å². The van der Waals surface area contributed by atoms with Crippen LogP contribution in [0.15, 0.2) is 18.2 Å². The van der Waals surface area contributed by atoms with Gasteiger partial charge in [-0.1, -0.05) is 11.6 Å². The van der Waals surface area contributed by atoms with Crippen LogP contribution in [0.1, 0.15) is 42.4 Å². The summed E-state index contributed by atoms with van der Waals surface area (Å²) in [6.45, 7) is 11.4. The van der Waals surface area contributed by atoms with Gasteiger partial charge in [0.15, 0.2) is 0 Å². The minimum absolute atomic E-state index is 0.00885. The minimum atomic E-state index is -0.388. The third-order valence-electron chi connectivity index (χ3n) is 5.02. The van der Waals surface area contributed by atoms with Crippen LogP contribution in [0.4, 0.5) is 0 Å². The van der Waals surface area contributed by atoms with E-state index in [1.54, 1.807) is 6.92 Å². The number of aromatic nitrogens is 1. The zero-order valence-electron chi connectivity index (χ0n) is 15.1. The lowest BCUT2D eigenvalue weighted by Crippen LogP contribution is -2.61. The molecule has 0 radical (unpaired) electrons. The molecule has 1 aromatic carbocycles. The van der Waals surface area contributed by atoms with E-state index in [2.05, 4.69) is 18.0 Å². The van der Waals surface area contributed by atoms with Crippen molar-refractivity contribution >= 4 is 22.7 Å². The Bertz CT molecular complexity index is 819. The Labute approximate surface area is 142 Å². The van der Waals surface area contributed by atoms with Gasteiger partial charge in [-0.2, -0.15) is 0 Å². The number of carbonyl (C=O) groups excluding carboxylic acids is 2. The van der Waals surface area contributed by atoms with E-state index >= 15 is 0 Å². The molecule has 2 amide bonds. The highest BCUT2D eigenvalue weighted by Crippen LogP contribution is 2.28. The molecule has 0 spiro atoms. The van der Waals surface area contributed by atoms with Gasteiger partial charge in [-0.15, -0.1) is 0 Å². The fraction of sp³-hybridized carbons (Fsp3) is 0.474. The van der Waals surface area contributed by atoms with Gasteiger partial charge in [-0.25, -0.2) is 0 Å². The van der Waals surface area contributed by atoms with E-state index in [1.807, 2.05) is 42.7 Å². The third-order valence-corrected chi connectivity index (χ3v) is 5.02. The Hall–Kier alpha value is -2.30. The topological polar surface area (TPSA) is 56.4 Å². The van der Waals surface area contributed by atoms with Gasteiger partial charge in [0.05, 0.1) is 5.54 Å². The Balaban J connectivity index is 1.95. The number of aromatic amines is 1. The lowest BCUT2D eigenvalue weighted by molar-refractivity contribution is -0.133. The van der Waals surface area contributed by atoms with E-state index < -0.39 is 0 Å². The zero-order valence-corrected chi connectivity index (χ0v) is 15.1. The van der Waals surface area contributed by atoms with Crippen LogP contribution in [0.25, 0.3) is 10.9 Å². The first-order valence-electron chi connectivity index (χ1n) is 8.37. The van der Waals surface area contributed by atoms with Gasteiger partial charge in [-0.3, -0.25) is 9.59 Å². The summed E-state index contributed by atoms with van der Waals surface area (Å²) in [5, 5.41) is 1.10. The molecule has 0 saturated carbocycles. The van der Waals surface area contributed by atoms with E-state index in [0.717, 1.165) is 16.5 Å². The Morgan fingerprint density at radius 2 is 1.88 bits per heavy atom. The van der Waals surface area contributed by atoms with Crippen molar-refractivity contribution < 1.29 is 9.59 Å². The second-order valence-corrected chi connectivity index (χ2v) is 7.38. The Morgan fingerprint density at radius 3 is 2.50 bits per heavy atom. The number of aryl methyl sites for hydroxylation is 2. The molecule has 0 unspecified atom stereocenters. The highest BCUT2D eigenvalue weighted by atomic mass is 16.2. The van der Waals surface area contributed by atoms with Crippen molar-refractivity contribution in [3.05, 3.63) is 35.0 Å². The molecular formula is C19H25N3O2. The normalized spacial score (nSPS) is 17.4. The van der Waals surface area contributed by atoms with Gasteiger partial charge in [0.25, 0.3) is 5.91 Å². The number of nitrogens with one attached hydrogen (secondary N) is 1. The maximum absolute atomic E-state index is 13.2. The molecule has 24 heavy (non-hydrogen) atoms. The van der Waals surface area contributed by atoms with Crippen LogP contribution in [0.5, 0.6) is 0 Å².